The lowest BCUT2D eigenvalue weighted by atomic mass is 9.93. The Morgan fingerprint density at radius 3 is 2.50 bits per heavy atom. The molecule has 104 valence electrons. The molecule has 0 saturated heterocycles. The van der Waals surface area contributed by atoms with Crippen molar-refractivity contribution in [1.82, 2.24) is 4.98 Å². The van der Waals surface area contributed by atoms with Gasteiger partial charge < -0.3 is 5.11 Å². The number of aromatic carboxylic acids is 1. The Hall–Kier alpha value is -2.11. The number of nitrogens with zero attached hydrogens (tertiary/aromatic N) is 1. The lowest BCUT2D eigenvalue weighted by Gasteiger charge is -2.20. The summed E-state index contributed by atoms with van der Waals surface area (Å²) in [6, 6.07) is 5.45. The van der Waals surface area contributed by atoms with Crippen LogP contribution in [0.2, 0.25) is 0 Å². The van der Waals surface area contributed by atoms with Crippen molar-refractivity contribution in [2.45, 2.75) is 24.4 Å². The van der Waals surface area contributed by atoms with Crippen LogP contribution in [-0.4, -0.2) is 22.2 Å². The fraction of sp³-hybridized carbons (Fsp3) is 0.286. The Morgan fingerprint density at radius 2 is 1.95 bits per heavy atom. The first-order valence-electron chi connectivity index (χ1n) is 6.04. The molecule has 1 saturated carbocycles. The van der Waals surface area contributed by atoms with E-state index in [4.69, 9.17) is 5.11 Å². The van der Waals surface area contributed by atoms with E-state index in [-0.39, 0.29) is 29.5 Å². The zero-order chi connectivity index (χ0) is 14.5. The van der Waals surface area contributed by atoms with Gasteiger partial charge in [0.05, 0.1) is 16.5 Å². The van der Waals surface area contributed by atoms with E-state index in [1.807, 2.05) is 0 Å². The first-order chi connectivity index (χ1) is 9.35. The highest BCUT2D eigenvalue weighted by molar-refractivity contribution is 6.02. The maximum atomic E-state index is 13.1. The summed E-state index contributed by atoms with van der Waals surface area (Å²) >= 11 is 0. The number of aromatic nitrogens is 1. The predicted molar refractivity (Wildman–Crippen MR) is 65.7 cm³/mol. The molecule has 6 heteroatoms. The number of fused-ring (bicyclic) bond motifs is 1. The maximum Gasteiger partial charge on any atom is 0.398 e. The second-order valence-corrected chi connectivity index (χ2v) is 4.98. The summed E-state index contributed by atoms with van der Waals surface area (Å²) in [5.74, 6) is -1.12. The van der Waals surface area contributed by atoms with E-state index < -0.39 is 17.6 Å². The quantitative estimate of drug-likeness (QED) is 0.916. The van der Waals surface area contributed by atoms with Gasteiger partial charge in [-0.1, -0.05) is 12.1 Å². The molecule has 0 amide bonds. The number of hydrogen-bond donors (Lipinski definition) is 1. The highest BCUT2D eigenvalue weighted by atomic mass is 19.4. The summed E-state index contributed by atoms with van der Waals surface area (Å²) in [7, 11) is 0. The van der Waals surface area contributed by atoms with Crippen molar-refractivity contribution in [3.63, 3.8) is 0 Å². The van der Waals surface area contributed by atoms with E-state index in [2.05, 4.69) is 4.98 Å². The van der Waals surface area contributed by atoms with Gasteiger partial charge in [0.25, 0.3) is 0 Å². The molecule has 0 spiro atoms. The fourth-order valence-corrected chi connectivity index (χ4v) is 2.49. The smallest absolute Gasteiger partial charge is 0.398 e. The minimum Gasteiger partial charge on any atom is -0.478 e. The molecule has 0 radical (unpaired) electrons. The molecule has 1 fully saturated rings. The number of alkyl halides is 3. The summed E-state index contributed by atoms with van der Waals surface area (Å²) < 4.78 is 39.2. The van der Waals surface area contributed by atoms with Crippen LogP contribution in [0.15, 0.2) is 30.5 Å². The molecule has 3 rings (SSSR count). The first-order valence-corrected chi connectivity index (χ1v) is 6.04. The summed E-state index contributed by atoms with van der Waals surface area (Å²) in [4.78, 5) is 15.0. The number of carboxylic acids is 1. The van der Waals surface area contributed by atoms with Gasteiger partial charge in [-0.05, 0) is 30.5 Å². The SMILES string of the molecule is O=C(O)c1ccnc2cc(C3(C(F)(F)F)CC3)ccc12. The van der Waals surface area contributed by atoms with Crippen LogP contribution >= 0.6 is 0 Å². The van der Waals surface area contributed by atoms with Crippen LogP contribution in [-0.2, 0) is 5.41 Å². The molecule has 1 aromatic carbocycles. The van der Waals surface area contributed by atoms with Gasteiger partial charge in [0, 0.05) is 11.6 Å². The molecular weight excluding hydrogens is 271 g/mol. The third-order valence-corrected chi connectivity index (χ3v) is 3.82. The van der Waals surface area contributed by atoms with Crippen molar-refractivity contribution in [3.8, 4) is 0 Å². The number of carboxylic acid groups (broad SMARTS) is 1. The summed E-state index contributed by atoms with van der Waals surface area (Å²) in [5, 5.41) is 9.39. The molecule has 1 aliphatic rings. The van der Waals surface area contributed by atoms with E-state index in [9.17, 15) is 18.0 Å². The number of rotatable bonds is 2. The molecule has 1 heterocycles. The van der Waals surface area contributed by atoms with Crippen molar-refractivity contribution in [3.05, 3.63) is 41.6 Å². The fourth-order valence-electron chi connectivity index (χ4n) is 2.49. The topological polar surface area (TPSA) is 50.2 Å². The normalized spacial score (nSPS) is 17.1. The van der Waals surface area contributed by atoms with Crippen molar-refractivity contribution < 1.29 is 23.1 Å². The van der Waals surface area contributed by atoms with E-state index in [1.165, 1.54) is 30.5 Å². The van der Waals surface area contributed by atoms with Gasteiger partial charge in [-0.3, -0.25) is 4.98 Å². The van der Waals surface area contributed by atoms with Crippen LogP contribution in [0.5, 0.6) is 0 Å². The van der Waals surface area contributed by atoms with Crippen molar-refractivity contribution >= 4 is 16.9 Å². The zero-order valence-corrected chi connectivity index (χ0v) is 10.2. The van der Waals surface area contributed by atoms with Crippen molar-refractivity contribution in [2.75, 3.05) is 0 Å². The lowest BCUT2D eigenvalue weighted by molar-refractivity contribution is -0.160. The molecule has 20 heavy (non-hydrogen) atoms. The molecule has 0 atom stereocenters. The minimum absolute atomic E-state index is 0.0402. The van der Waals surface area contributed by atoms with Crippen LogP contribution in [0, 0.1) is 0 Å². The van der Waals surface area contributed by atoms with Crippen LogP contribution in [0.3, 0.4) is 0 Å². The monoisotopic (exact) mass is 281 g/mol. The van der Waals surface area contributed by atoms with Gasteiger partial charge >= 0.3 is 12.1 Å². The molecule has 2 aromatic rings. The Kier molecular flexibility index (Phi) is 2.54. The zero-order valence-electron chi connectivity index (χ0n) is 10.2. The third kappa shape index (κ3) is 1.75. The molecule has 3 nitrogen and oxygen atoms in total. The molecule has 1 aliphatic carbocycles. The van der Waals surface area contributed by atoms with Gasteiger partial charge in [-0.2, -0.15) is 13.2 Å². The Labute approximate surface area is 112 Å². The van der Waals surface area contributed by atoms with E-state index in [0.717, 1.165) is 0 Å². The van der Waals surface area contributed by atoms with Gasteiger partial charge in [0.1, 0.15) is 0 Å². The molecule has 0 bridgehead atoms. The number of pyridine rings is 1. The second kappa shape index (κ2) is 3.94. The largest absolute Gasteiger partial charge is 0.478 e. The van der Waals surface area contributed by atoms with Crippen LogP contribution < -0.4 is 0 Å². The number of carbonyl (C=O) groups is 1. The standard InChI is InChI=1S/C14H10F3NO2/c15-14(16,17)13(4-5-13)8-1-2-9-10(12(19)20)3-6-18-11(9)7-8/h1-3,6-7H,4-5H2,(H,19,20). The van der Waals surface area contributed by atoms with Gasteiger partial charge in [-0.25, -0.2) is 4.79 Å². The average molecular weight is 281 g/mol. The highest BCUT2D eigenvalue weighted by Crippen LogP contribution is 2.59. The molecule has 0 unspecified atom stereocenters. The number of hydrogen-bond acceptors (Lipinski definition) is 2. The van der Waals surface area contributed by atoms with Crippen molar-refractivity contribution in [1.29, 1.82) is 0 Å². The number of benzene rings is 1. The van der Waals surface area contributed by atoms with Crippen molar-refractivity contribution in [2.24, 2.45) is 0 Å². The summed E-state index contributed by atoms with van der Waals surface area (Å²) in [5.41, 5.74) is -1.30. The lowest BCUT2D eigenvalue weighted by Crippen LogP contribution is -2.28. The van der Waals surface area contributed by atoms with E-state index in [1.54, 1.807) is 0 Å². The average Bonchev–Trinajstić information content (AvgIpc) is 3.18. The predicted octanol–water partition coefficient (Wildman–Crippen LogP) is 3.53. The minimum atomic E-state index is -4.29. The number of halogens is 3. The molecular formula is C14H10F3NO2. The summed E-state index contributed by atoms with van der Waals surface area (Å²) in [6.45, 7) is 0. The Morgan fingerprint density at radius 1 is 1.25 bits per heavy atom. The van der Waals surface area contributed by atoms with Gasteiger partial charge in [0.2, 0.25) is 0 Å². The highest BCUT2D eigenvalue weighted by Gasteiger charge is 2.64. The maximum absolute atomic E-state index is 13.1. The van der Waals surface area contributed by atoms with Gasteiger partial charge in [0.15, 0.2) is 0 Å². The van der Waals surface area contributed by atoms with Gasteiger partial charge in [-0.15, -0.1) is 0 Å². The Balaban J connectivity index is 2.16. The Bertz CT molecular complexity index is 705. The van der Waals surface area contributed by atoms with Crippen LogP contribution in [0.25, 0.3) is 10.9 Å². The molecule has 1 N–H and O–H groups in total. The summed E-state index contributed by atoms with van der Waals surface area (Å²) in [6.07, 6.45) is -2.85. The van der Waals surface area contributed by atoms with E-state index in [0.29, 0.717) is 5.39 Å². The molecule has 1 aromatic heterocycles. The van der Waals surface area contributed by atoms with Crippen LogP contribution in [0.4, 0.5) is 13.2 Å². The second-order valence-electron chi connectivity index (χ2n) is 4.98. The van der Waals surface area contributed by atoms with E-state index >= 15 is 0 Å². The third-order valence-electron chi connectivity index (χ3n) is 3.82. The first kappa shape index (κ1) is 12.9. The van der Waals surface area contributed by atoms with Crippen LogP contribution in [0.1, 0.15) is 28.8 Å². The molecule has 0 aliphatic heterocycles.